The van der Waals surface area contributed by atoms with E-state index in [2.05, 4.69) is 17.1 Å². The predicted octanol–water partition coefficient (Wildman–Crippen LogP) is 3.60. The Hall–Kier alpha value is -2.62. The summed E-state index contributed by atoms with van der Waals surface area (Å²) in [5.74, 6) is 1.11. The summed E-state index contributed by atoms with van der Waals surface area (Å²) in [6, 6.07) is 14.0. The van der Waals surface area contributed by atoms with Crippen molar-refractivity contribution in [1.82, 2.24) is 10.2 Å². The number of aryl methyl sites for hydroxylation is 2. The molecule has 1 aromatic heterocycles. The predicted molar refractivity (Wildman–Crippen MR) is 79.1 cm³/mol. The van der Waals surface area contributed by atoms with Crippen molar-refractivity contribution in [2.24, 2.45) is 0 Å². The quantitative estimate of drug-likeness (QED) is 0.719. The monoisotopic (exact) mass is 265 g/mol. The van der Waals surface area contributed by atoms with E-state index < -0.39 is 0 Å². The van der Waals surface area contributed by atoms with Gasteiger partial charge in [-0.2, -0.15) is 0 Å². The molecule has 0 atom stereocenters. The first-order valence-electron chi connectivity index (χ1n) is 6.40. The molecule has 1 heterocycles. The van der Waals surface area contributed by atoms with Crippen LogP contribution >= 0.6 is 0 Å². The molecule has 0 aliphatic carbocycles. The van der Waals surface area contributed by atoms with E-state index in [0.29, 0.717) is 11.8 Å². The van der Waals surface area contributed by atoms with Crippen molar-refractivity contribution in [3.05, 3.63) is 53.9 Å². The van der Waals surface area contributed by atoms with Crippen molar-refractivity contribution >= 4 is 5.69 Å². The first-order chi connectivity index (χ1) is 9.63. The highest BCUT2D eigenvalue weighted by atomic mass is 16.4. The van der Waals surface area contributed by atoms with Crippen molar-refractivity contribution in [3.63, 3.8) is 0 Å². The summed E-state index contributed by atoms with van der Waals surface area (Å²) in [6.07, 6.45) is 0. The van der Waals surface area contributed by atoms with Crippen LogP contribution in [0, 0.1) is 13.8 Å². The van der Waals surface area contributed by atoms with Crippen LogP contribution in [-0.4, -0.2) is 10.2 Å². The molecule has 20 heavy (non-hydrogen) atoms. The van der Waals surface area contributed by atoms with E-state index in [0.717, 1.165) is 22.4 Å². The van der Waals surface area contributed by atoms with E-state index in [9.17, 15) is 0 Å². The number of nitrogens with two attached hydrogens (primary N) is 1. The van der Waals surface area contributed by atoms with Crippen LogP contribution < -0.4 is 5.73 Å². The van der Waals surface area contributed by atoms with E-state index in [1.54, 1.807) is 6.92 Å². The summed E-state index contributed by atoms with van der Waals surface area (Å²) < 4.78 is 5.42. The third-order valence-corrected chi connectivity index (χ3v) is 3.23. The summed E-state index contributed by atoms with van der Waals surface area (Å²) in [5.41, 5.74) is 11.0. The highest BCUT2D eigenvalue weighted by molar-refractivity contribution is 5.72. The van der Waals surface area contributed by atoms with Crippen molar-refractivity contribution in [1.29, 1.82) is 0 Å². The molecule has 0 fully saturated rings. The van der Waals surface area contributed by atoms with Gasteiger partial charge in [-0.3, -0.25) is 0 Å². The molecule has 2 aromatic carbocycles. The molecule has 4 nitrogen and oxygen atoms in total. The van der Waals surface area contributed by atoms with Crippen LogP contribution in [0.1, 0.15) is 11.5 Å². The Kier molecular flexibility index (Phi) is 2.99. The molecular weight excluding hydrogens is 250 g/mol. The van der Waals surface area contributed by atoms with Gasteiger partial charge in [-0.15, -0.1) is 10.2 Å². The van der Waals surface area contributed by atoms with Gasteiger partial charge in [0.1, 0.15) is 0 Å². The lowest BCUT2D eigenvalue weighted by atomic mass is 9.99. The average molecular weight is 265 g/mol. The number of hydrogen-bond acceptors (Lipinski definition) is 4. The van der Waals surface area contributed by atoms with E-state index in [4.69, 9.17) is 10.2 Å². The summed E-state index contributed by atoms with van der Waals surface area (Å²) in [4.78, 5) is 0. The summed E-state index contributed by atoms with van der Waals surface area (Å²) in [5, 5.41) is 7.85. The summed E-state index contributed by atoms with van der Waals surface area (Å²) in [6.45, 7) is 3.85. The molecule has 0 aliphatic heterocycles. The fourth-order valence-electron chi connectivity index (χ4n) is 2.16. The molecule has 0 aliphatic rings. The number of rotatable bonds is 2. The second-order valence-corrected chi connectivity index (χ2v) is 4.78. The average Bonchev–Trinajstić information content (AvgIpc) is 2.88. The molecule has 0 spiro atoms. The smallest absolute Gasteiger partial charge is 0.247 e. The van der Waals surface area contributed by atoms with Gasteiger partial charge in [0.2, 0.25) is 11.8 Å². The molecule has 0 unspecified atom stereocenters. The van der Waals surface area contributed by atoms with Crippen LogP contribution in [0.3, 0.4) is 0 Å². The molecule has 100 valence electrons. The molecule has 3 rings (SSSR count). The maximum atomic E-state index is 5.86. The largest absolute Gasteiger partial charge is 0.421 e. The second-order valence-electron chi connectivity index (χ2n) is 4.78. The lowest BCUT2D eigenvalue weighted by Crippen LogP contribution is -1.89. The highest BCUT2D eigenvalue weighted by Gasteiger charge is 2.07. The fraction of sp³-hybridized carbons (Fsp3) is 0.125. The minimum atomic E-state index is 0.540. The molecule has 0 saturated carbocycles. The standard InChI is InChI=1S/C16H15N3O/c1-10-3-8-14(17)9-15(10)12-4-6-13(7-5-12)16-19-18-11(2)20-16/h3-9H,17H2,1-2H3. The first-order valence-corrected chi connectivity index (χ1v) is 6.40. The Balaban J connectivity index is 1.99. The van der Waals surface area contributed by atoms with Crippen molar-refractivity contribution in [2.45, 2.75) is 13.8 Å². The fourth-order valence-corrected chi connectivity index (χ4v) is 2.16. The van der Waals surface area contributed by atoms with Crippen LogP contribution in [0.4, 0.5) is 5.69 Å². The molecule has 0 radical (unpaired) electrons. The maximum Gasteiger partial charge on any atom is 0.247 e. The van der Waals surface area contributed by atoms with E-state index in [1.165, 1.54) is 5.56 Å². The molecule has 3 aromatic rings. The maximum absolute atomic E-state index is 5.86. The van der Waals surface area contributed by atoms with Gasteiger partial charge in [0, 0.05) is 18.2 Å². The van der Waals surface area contributed by atoms with Gasteiger partial charge in [-0.05, 0) is 47.9 Å². The lowest BCUT2D eigenvalue weighted by molar-refractivity contribution is 0.533. The molecular formula is C16H15N3O. The van der Waals surface area contributed by atoms with Gasteiger partial charge >= 0.3 is 0 Å². The molecule has 0 saturated heterocycles. The molecule has 0 bridgehead atoms. The van der Waals surface area contributed by atoms with E-state index in [-0.39, 0.29) is 0 Å². The van der Waals surface area contributed by atoms with Gasteiger partial charge < -0.3 is 10.2 Å². The normalized spacial score (nSPS) is 10.7. The molecule has 2 N–H and O–H groups in total. The number of nitrogens with zero attached hydrogens (tertiary/aromatic N) is 2. The Morgan fingerprint density at radius 3 is 2.25 bits per heavy atom. The van der Waals surface area contributed by atoms with Gasteiger partial charge in [0.25, 0.3) is 0 Å². The van der Waals surface area contributed by atoms with Crippen LogP contribution in [0.25, 0.3) is 22.6 Å². The van der Waals surface area contributed by atoms with Crippen molar-refractivity contribution in [3.8, 4) is 22.6 Å². The van der Waals surface area contributed by atoms with E-state index in [1.807, 2.05) is 42.5 Å². The lowest BCUT2D eigenvalue weighted by Gasteiger charge is -2.07. The van der Waals surface area contributed by atoms with Gasteiger partial charge in [-0.25, -0.2) is 0 Å². The topological polar surface area (TPSA) is 64.9 Å². The Bertz CT molecular complexity index is 745. The van der Waals surface area contributed by atoms with Gasteiger partial charge in [0.15, 0.2) is 0 Å². The third-order valence-electron chi connectivity index (χ3n) is 3.23. The third kappa shape index (κ3) is 2.28. The molecule has 4 heteroatoms. The Morgan fingerprint density at radius 1 is 0.900 bits per heavy atom. The van der Waals surface area contributed by atoms with E-state index >= 15 is 0 Å². The van der Waals surface area contributed by atoms with Gasteiger partial charge in [0.05, 0.1) is 0 Å². The number of hydrogen-bond donors (Lipinski definition) is 1. The zero-order chi connectivity index (χ0) is 14.1. The number of anilines is 1. The van der Waals surface area contributed by atoms with Gasteiger partial charge in [-0.1, -0.05) is 18.2 Å². The molecule has 0 amide bonds. The summed E-state index contributed by atoms with van der Waals surface area (Å²) in [7, 11) is 0. The Labute approximate surface area is 117 Å². The minimum Gasteiger partial charge on any atom is -0.421 e. The Morgan fingerprint density at radius 2 is 1.60 bits per heavy atom. The first kappa shape index (κ1) is 12.4. The zero-order valence-electron chi connectivity index (χ0n) is 11.4. The number of aromatic nitrogens is 2. The number of benzene rings is 2. The van der Waals surface area contributed by atoms with Crippen molar-refractivity contribution < 1.29 is 4.42 Å². The minimum absolute atomic E-state index is 0.540. The second kappa shape index (κ2) is 4.81. The van der Waals surface area contributed by atoms with Crippen molar-refractivity contribution in [2.75, 3.05) is 5.73 Å². The van der Waals surface area contributed by atoms with Crippen LogP contribution in [-0.2, 0) is 0 Å². The number of nitrogen functional groups attached to an aromatic ring is 1. The van der Waals surface area contributed by atoms with Crippen LogP contribution in [0.15, 0.2) is 46.9 Å². The summed E-state index contributed by atoms with van der Waals surface area (Å²) >= 11 is 0. The zero-order valence-corrected chi connectivity index (χ0v) is 11.4. The highest BCUT2D eigenvalue weighted by Crippen LogP contribution is 2.27. The van der Waals surface area contributed by atoms with Crippen LogP contribution in [0.5, 0.6) is 0 Å². The SMILES string of the molecule is Cc1nnc(-c2ccc(-c3cc(N)ccc3C)cc2)o1. The van der Waals surface area contributed by atoms with Crippen LogP contribution in [0.2, 0.25) is 0 Å².